The molecule has 1 rings (SSSR count). The molecule has 0 amide bonds. The zero-order chi connectivity index (χ0) is 17.5. The monoisotopic (exact) mass is 334 g/mol. The summed E-state index contributed by atoms with van der Waals surface area (Å²) in [5.41, 5.74) is 0.674. The molecule has 134 valence electrons. The lowest BCUT2D eigenvalue weighted by molar-refractivity contribution is -0.140. The number of unbranched alkanes of at least 4 members (excludes halogenated alkanes) is 8. The van der Waals surface area contributed by atoms with E-state index in [4.69, 9.17) is 4.74 Å². The molecule has 0 spiro atoms. The summed E-state index contributed by atoms with van der Waals surface area (Å²) in [6, 6.07) is 7.22. The third-order valence-corrected chi connectivity index (χ3v) is 4.04. The second-order valence-electron chi connectivity index (χ2n) is 6.04. The number of carbonyl (C=O) groups is 2. The molecule has 0 fully saturated rings. The highest BCUT2D eigenvalue weighted by Crippen LogP contribution is 2.13. The highest BCUT2D eigenvalue weighted by molar-refractivity contribution is 5.74. The van der Waals surface area contributed by atoms with Crippen LogP contribution in [0, 0.1) is 0 Å². The van der Waals surface area contributed by atoms with Gasteiger partial charge in [0, 0.05) is 12.0 Å². The van der Waals surface area contributed by atoms with Crippen LogP contribution in [-0.4, -0.2) is 26.0 Å². The molecule has 4 nitrogen and oxygen atoms in total. The summed E-state index contributed by atoms with van der Waals surface area (Å²) >= 11 is 0. The zero-order valence-electron chi connectivity index (χ0n) is 14.8. The standard InChI is InChI=1S/C20H30O4/c1-23-20(22)11-9-7-5-3-2-4-6-8-10-16-24-19-14-12-18(17-21)13-15-19/h12-15,17H,2-11,16H2,1H3. The molecule has 0 bridgehead atoms. The van der Waals surface area contributed by atoms with Crippen molar-refractivity contribution in [3.63, 3.8) is 0 Å². The van der Waals surface area contributed by atoms with Gasteiger partial charge in [-0.2, -0.15) is 0 Å². The molecule has 0 aliphatic heterocycles. The van der Waals surface area contributed by atoms with Crippen molar-refractivity contribution in [3.05, 3.63) is 29.8 Å². The van der Waals surface area contributed by atoms with E-state index in [2.05, 4.69) is 4.74 Å². The largest absolute Gasteiger partial charge is 0.494 e. The summed E-state index contributed by atoms with van der Waals surface area (Å²) in [7, 11) is 1.44. The Hall–Kier alpha value is -1.84. The minimum atomic E-state index is -0.100. The van der Waals surface area contributed by atoms with Gasteiger partial charge in [0.2, 0.25) is 0 Å². The van der Waals surface area contributed by atoms with Gasteiger partial charge in [0.05, 0.1) is 13.7 Å². The summed E-state index contributed by atoms with van der Waals surface area (Å²) in [6.07, 6.45) is 11.9. The lowest BCUT2D eigenvalue weighted by atomic mass is 10.1. The number of hydrogen-bond acceptors (Lipinski definition) is 4. The fourth-order valence-electron chi connectivity index (χ4n) is 2.54. The van der Waals surface area contributed by atoms with Crippen molar-refractivity contribution in [2.24, 2.45) is 0 Å². The topological polar surface area (TPSA) is 52.6 Å². The lowest BCUT2D eigenvalue weighted by Crippen LogP contribution is -1.99. The van der Waals surface area contributed by atoms with E-state index in [9.17, 15) is 9.59 Å². The van der Waals surface area contributed by atoms with E-state index >= 15 is 0 Å². The minimum absolute atomic E-state index is 0.100. The van der Waals surface area contributed by atoms with E-state index in [0.29, 0.717) is 12.0 Å². The summed E-state index contributed by atoms with van der Waals surface area (Å²) in [6.45, 7) is 0.730. The van der Waals surface area contributed by atoms with Crippen molar-refractivity contribution < 1.29 is 19.1 Å². The summed E-state index contributed by atoms with van der Waals surface area (Å²) in [4.78, 5) is 21.5. The Bertz CT molecular complexity index is 453. The molecule has 0 N–H and O–H groups in total. The SMILES string of the molecule is COC(=O)CCCCCCCCCCCOc1ccc(C=O)cc1. The van der Waals surface area contributed by atoms with Gasteiger partial charge in [0.15, 0.2) is 0 Å². The Labute approximate surface area is 145 Å². The van der Waals surface area contributed by atoms with E-state index in [1.165, 1.54) is 45.6 Å². The number of aldehydes is 1. The van der Waals surface area contributed by atoms with Gasteiger partial charge in [-0.25, -0.2) is 0 Å². The number of hydrogen-bond donors (Lipinski definition) is 0. The van der Waals surface area contributed by atoms with Gasteiger partial charge in [0.25, 0.3) is 0 Å². The summed E-state index contributed by atoms with van der Waals surface area (Å²) in [5.74, 6) is 0.726. The fraction of sp³-hybridized carbons (Fsp3) is 0.600. The Balaban J connectivity index is 1.85. The molecule has 1 aromatic rings. The first kappa shape index (κ1) is 20.2. The molecule has 0 heterocycles. The normalized spacial score (nSPS) is 10.4. The van der Waals surface area contributed by atoms with E-state index in [1.807, 2.05) is 12.1 Å². The van der Waals surface area contributed by atoms with Crippen molar-refractivity contribution in [3.8, 4) is 5.75 Å². The maximum absolute atomic E-state index is 10.9. The predicted octanol–water partition coefficient (Wildman–Crippen LogP) is 4.95. The van der Waals surface area contributed by atoms with Crippen molar-refractivity contribution >= 4 is 12.3 Å². The highest BCUT2D eigenvalue weighted by atomic mass is 16.5. The third kappa shape index (κ3) is 10.0. The molecule has 0 atom stereocenters. The average Bonchev–Trinajstić information content (AvgIpc) is 2.62. The van der Waals surface area contributed by atoms with Gasteiger partial charge in [0.1, 0.15) is 12.0 Å². The van der Waals surface area contributed by atoms with E-state index in [-0.39, 0.29) is 5.97 Å². The van der Waals surface area contributed by atoms with Crippen LogP contribution in [0.2, 0.25) is 0 Å². The van der Waals surface area contributed by atoms with Gasteiger partial charge < -0.3 is 9.47 Å². The van der Waals surface area contributed by atoms with Crippen LogP contribution in [0.5, 0.6) is 5.75 Å². The van der Waals surface area contributed by atoms with E-state index in [0.717, 1.165) is 37.9 Å². The van der Waals surface area contributed by atoms with Crippen LogP contribution in [0.3, 0.4) is 0 Å². The molecule has 0 saturated heterocycles. The fourth-order valence-corrected chi connectivity index (χ4v) is 2.54. The van der Waals surface area contributed by atoms with Gasteiger partial charge in [-0.3, -0.25) is 9.59 Å². The Morgan fingerprint density at radius 1 is 0.875 bits per heavy atom. The number of rotatable bonds is 14. The second kappa shape index (κ2) is 13.6. The smallest absolute Gasteiger partial charge is 0.305 e. The Morgan fingerprint density at radius 3 is 1.96 bits per heavy atom. The van der Waals surface area contributed by atoms with Gasteiger partial charge in [-0.05, 0) is 37.1 Å². The van der Waals surface area contributed by atoms with Crippen LogP contribution < -0.4 is 4.74 Å². The molecule has 0 unspecified atom stereocenters. The summed E-state index contributed by atoms with van der Waals surface area (Å²) < 4.78 is 10.3. The van der Waals surface area contributed by atoms with Crippen LogP contribution in [0.4, 0.5) is 0 Å². The number of ether oxygens (including phenoxy) is 2. The molecule has 0 aromatic heterocycles. The molecule has 1 aromatic carbocycles. The zero-order valence-corrected chi connectivity index (χ0v) is 14.8. The Morgan fingerprint density at radius 2 is 1.42 bits per heavy atom. The maximum Gasteiger partial charge on any atom is 0.305 e. The molecular formula is C20H30O4. The number of benzene rings is 1. The summed E-state index contributed by atoms with van der Waals surface area (Å²) in [5, 5.41) is 0. The van der Waals surface area contributed by atoms with Crippen molar-refractivity contribution in [1.29, 1.82) is 0 Å². The average molecular weight is 334 g/mol. The van der Waals surface area contributed by atoms with E-state index in [1.54, 1.807) is 12.1 Å². The lowest BCUT2D eigenvalue weighted by Gasteiger charge is -2.06. The van der Waals surface area contributed by atoms with Crippen molar-refractivity contribution in [1.82, 2.24) is 0 Å². The van der Waals surface area contributed by atoms with Crippen LogP contribution in [0.15, 0.2) is 24.3 Å². The molecule has 24 heavy (non-hydrogen) atoms. The highest BCUT2D eigenvalue weighted by Gasteiger charge is 1.99. The molecule has 0 saturated carbocycles. The number of methoxy groups -OCH3 is 1. The van der Waals surface area contributed by atoms with Crippen molar-refractivity contribution in [2.75, 3.05) is 13.7 Å². The molecule has 0 radical (unpaired) electrons. The maximum atomic E-state index is 10.9. The van der Waals surface area contributed by atoms with Crippen LogP contribution in [0.25, 0.3) is 0 Å². The van der Waals surface area contributed by atoms with Crippen LogP contribution in [-0.2, 0) is 9.53 Å². The first-order valence-electron chi connectivity index (χ1n) is 9.01. The molecular weight excluding hydrogens is 304 g/mol. The van der Waals surface area contributed by atoms with Gasteiger partial charge >= 0.3 is 5.97 Å². The number of esters is 1. The van der Waals surface area contributed by atoms with Gasteiger partial charge in [-0.1, -0.05) is 44.9 Å². The van der Waals surface area contributed by atoms with Crippen molar-refractivity contribution in [2.45, 2.75) is 64.2 Å². The second-order valence-corrected chi connectivity index (χ2v) is 6.04. The quantitative estimate of drug-likeness (QED) is 0.274. The molecule has 4 heteroatoms. The first-order valence-corrected chi connectivity index (χ1v) is 9.01. The van der Waals surface area contributed by atoms with Crippen LogP contribution in [0.1, 0.15) is 74.6 Å². The van der Waals surface area contributed by atoms with E-state index < -0.39 is 0 Å². The molecule has 0 aliphatic carbocycles. The number of carbonyl (C=O) groups excluding carboxylic acids is 2. The minimum Gasteiger partial charge on any atom is -0.494 e. The third-order valence-electron chi connectivity index (χ3n) is 4.04. The molecule has 0 aliphatic rings. The first-order chi connectivity index (χ1) is 11.8. The van der Waals surface area contributed by atoms with Gasteiger partial charge in [-0.15, -0.1) is 0 Å². The predicted molar refractivity (Wildman–Crippen MR) is 95.5 cm³/mol. The Kier molecular flexibility index (Phi) is 11.4. The van der Waals surface area contributed by atoms with Crippen LogP contribution >= 0.6 is 0 Å².